The molecule has 2 amide bonds. The summed E-state index contributed by atoms with van der Waals surface area (Å²) in [6.07, 6.45) is 3.35. The minimum absolute atomic E-state index is 0.0299. The zero-order valence-electron chi connectivity index (χ0n) is 14.6. The van der Waals surface area contributed by atoms with Crippen LogP contribution in [-0.4, -0.2) is 36.3 Å². The lowest BCUT2D eigenvalue weighted by atomic mass is 9.81. The summed E-state index contributed by atoms with van der Waals surface area (Å²) in [6, 6.07) is 6.45. The van der Waals surface area contributed by atoms with Crippen molar-refractivity contribution in [3.05, 3.63) is 23.8 Å². The van der Waals surface area contributed by atoms with E-state index in [2.05, 4.69) is 0 Å². The van der Waals surface area contributed by atoms with Crippen LogP contribution in [0.4, 0.5) is 0 Å². The van der Waals surface area contributed by atoms with Gasteiger partial charge in [-0.1, -0.05) is 12.8 Å². The third-order valence-electron chi connectivity index (χ3n) is 4.99. The summed E-state index contributed by atoms with van der Waals surface area (Å²) in [7, 11) is 1.41. The van der Waals surface area contributed by atoms with Crippen LogP contribution in [0.15, 0.2) is 18.2 Å². The fourth-order valence-corrected chi connectivity index (χ4v) is 3.65. The normalized spacial score (nSPS) is 21.9. The van der Waals surface area contributed by atoms with E-state index in [1.165, 1.54) is 30.2 Å². The Hall–Kier alpha value is -2.88. The topological polar surface area (TPSA) is 96.7 Å². The Morgan fingerprint density at radius 1 is 1.19 bits per heavy atom. The highest BCUT2D eigenvalue weighted by molar-refractivity contribution is 6.05. The molecular formula is C19H20N2O5. The van der Waals surface area contributed by atoms with Gasteiger partial charge in [0.2, 0.25) is 11.8 Å². The van der Waals surface area contributed by atoms with E-state index in [0.29, 0.717) is 5.56 Å². The first kappa shape index (κ1) is 17.9. The number of benzene rings is 1. The molecule has 1 aromatic carbocycles. The minimum atomic E-state index is -0.566. The second-order valence-corrected chi connectivity index (χ2v) is 6.53. The molecule has 136 valence electrons. The molecule has 7 heteroatoms. The van der Waals surface area contributed by atoms with Gasteiger partial charge in [-0.15, -0.1) is 0 Å². The number of likely N-dealkylation sites (tertiary alicyclic amines) is 1. The molecule has 1 aliphatic heterocycles. The van der Waals surface area contributed by atoms with Crippen molar-refractivity contribution in [1.29, 1.82) is 5.26 Å². The Bertz CT molecular complexity index is 759. The molecule has 0 spiro atoms. The van der Waals surface area contributed by atoms with Crippen LogP contribution in [-0.2, 0) is 14.4 Å². The monoisotopic (exact) mass is 356 g/mol. The molecule has 0 unspecified atom stereocenters. The molecule has 0 radical (unpaired) electrons. The summed E-state index contributed by atoms with van der Waals surface area (Å²) in [5.74, 6) is -0.854. The first-order valence-electron chi connectivity index (χ1n) is 8.69. The number of amides is 2. The van der Waals surface area contributed by atoms with Crippen molar-refractivity contribution < 1.29 is 23.9 Å². The molecule has 26 heavy (non-hydrogen) atoms. The highest BCUT2D eigenvalue weighted by Gasteiger charge is 2.47. The summed E-state index contributed by atoms with van der Waals surface area (Å²) >= 11 is 0. The van der Waals surface area contributed by atoms with E-state index in [4.69, 9.17) is 14.7 Å². The zero-order valence-corrected chi connectivity index (χ0v) is 14.6. The van der Waals surface area contributed by atoms with Gasteiger partial charge < -0.3 is 9.47 Å². The molecule has 7 nitrogen and oxygen atoms in total. The smallest absolute Gasteiger partial charge is 0.313 e. The van der Waals surface area contributed by atoms with Crippen LogP contribution in [0.2, 0.25) is 0 Å². The van der Waals surface area contributed by atoms with Gasteiger partial charge in [0.1, 0.15) is 0 Å². The van der Waals surface area contributed by atoms with Crippen LogP contribution in [0.1, 0.15) is 37.7 Å². The van der Waals surface area contributed by atoms with Gasteiger partial charge in [-0.05, 0) is 25.0 Å². The standard InChI is InChI=1S/C19H20N2O5/c1-25-16-10-12(11-20)6-7-15(16)26-17(22)8-9-21-18(23)13-4-2-3-5-14(13)19(21)24/h6-7,10,13-14H,2-5,8-9H2,1H3/t13-,14-/m1/s1. The molecule has 1 aromatic rings. The Labute approximate surface area is 151 Å². The summed E-state index contributed by atoms with van der Waals surface area (Å²) in [5, 5.41) is 8.89. The van der Waals surface area contributed by atoms with E-state index < -0.39 is 5.97 Å². The van der Waals surface area contributed by atoms with E-state index in [1.54, 1.807) is 0 Å². The molecule has 2 aliphatic rings. The largest absolute Gasteiger partial charge is 0.493 e. The van der Waals surface area contributed by atoms with Crippen LogP contribution in [0, 0.1) is 23.2 Å². The highest BCUT2D eigenvalue weighted by atomic mass is 16.6. The molecule has 1 heterocycles. The Morgan fingerprint density at radius 2 is 1.85 bits per heavy atom. The molecular weight excluding hydrogens is 336 g/mol. The average Bonchev–Trinajstić information content (AvgIpc) is 2.91. The summed E-state index contributed by atoms with van der Waals surface area (Å²) < 4.78 is 10.4. The predicted octanol–water partition coefficient (Wildman–Crippen LogP) is 2.04. The third kappa shape index (κ3) is 3.40. The molecule has 0 aromatic heterocycles. The van der Waals surface area contributed by atoms with Gasteiger partial charge in [-0.2, -0.15) is 5.26 Å². The SMILES string of the molecule is COc1cc(C#N)ccc1OC(=O)CCN1C(=O)[C@@H]2CCCC[C@H]2C1=O. The Kier molecular flexibility index (Phi) is 5.21. The van der Waals surface area contributed by atoms with Crippen molar-refractivity contribution in [3.63, 3.8) is 0 Å². The number of carbonyl (C=O) groups is 3. The summed E-state index contributed by atoms with van der Waals surface area (Å²) in [4.78, 5) is 38.1. The van der Waals surface area contributed by atoms with Gasteiger partial charge in [-0.25, -0.2) is 0 Å². The van der Waals surface area contributed by atoms with Crippen molar-refractivity contribution in [3.8, 4) is 17.6 Å². The number of nitriles is 1. The molecule has 2 fully saturated rings. The number of imide groups is 1. The van der Waals surface area contributed by atoms with Crippen LogP contribution in [0.3, 0.4) is 0 Å². The van der Waals surface area contributed by atoms with Gasteiger partial charge in [0.25, 0.3) is 0 Å². The van der Waals surface area contributed by atoms with E-state index >= 15 is 0 Å². The number of rotatable bonds is 5. The average molecular weight is 356 g/mol. The molecule has 3 rings (SSSR count). The second-order valence-electron chi connectivity index (χ2n) is 6.53. The fraction of sp³-hybridized carbons (Fsp3) is 0.474. The van der Waals surface area contributed by atoms with Crippen molar-refractivity contribution in [2.45, 2.75) is 32.1 Å². The van der Waals surface area contributed by atoms with Crippen molar-refractivity contribution in [2.75, 3.05) is 13.7 Å². The quantitative estimate of drug-likeness (QED) is 0.455. The maximum atomic E-state index is 12.4. The van der Waals surface area contributed by atoms with Gasteiger partial charge >= 0.3 is 5.97 Å². The number of ether oxygens (including phenoxy) is 2. The van der Waals surface area contributed by atoms with Gasteiger partial charge in [-0.3, -0.25) is 19.3 Å². The Balaban J connectivity index is 1.60. The minimum Gasteiger partial charge on any atom is -0.493 e. The van der Waals surface area contributed by atoms with Crippen LogP contribution in [0.25, 0.3) is 0 Å². The van der Waals surface area contributed by atoms with Gasteiger partial charge in [0.15, 0.2) is 11.5 Å². The second kappa shape index (κ2) is 7.56. The lowest BCUT2D eigenvalue weighted by Gasteiger charge is -2.19. The first-order valence-corrected chi connectivity index (χ1v) is 8.69. The van der Waals surface area contributed by atoms with Crippen LogP contribution in [0.5, 0.6) is 11.5 Å². The van der Waals surface area contributed by atoms with Crippen LogP contribution >= 0.6 is 0 Å². The fourth-order valence-electron chi connectivity index (χ4n) is 3.65. The predicted molar refractivity (Wildman–Crippen MR) is 90.1 cm³/mol. The lowest BCUT2D eigenvalue weighted by Crippen LogP contribution is -2.33. The van der Waals surface area contributed by atoms with Crippen molar-refractivity contribution in [1.82, 2.24) is 4.90 Å². The number of esters is 1. The maximum Gasteiger partial charge on any atom is 0.313 e. The zero-order chi connectivity index (χ0) is 18.7. The molecule has 1 saturated carbocycles. The van der Waals surface area contributed by atoms with Crippen molar-refractivity contribution >= 4 is 17.8 Å². The lowest BCUT2D eigenvalue weighted by molar-refractivity contribution is -0.141. The first-order chi connectivity index (χ1) is 12.5. The molecule has 2 atom stereocenters. The van der Waals surface area contributed by atoms with Gasteiger partial charge in [0.05, 0.1) is 37.0 Å². The number of hydrogen-bond donors (Lipinski definition) is 0. The molecule has 1 saturated heterocycles. The molecule has 0 N–H and O–H groups in total. The Morgan fingerprint density at radius 3 is 2.42 bits per heavy atom. The maximum absolute atomic E-state index is 12.4. The number of carbonyl (C=O) groups excluding carboxylic acids is 3. The third-order valence-corrected chi connectivity index (χ3v) is 4.99. The van der Waals surface area contributed by atoms with Gasteiger partial charge in [0, 0.05) is 12.6 Å². The van der Waals surface area contributed by atoms with Crippen molar-refractivity contribution in [2.24, 2.45) is 11.8 Å². The summed E-state index contributed by atoms with van der Waals surface area (Å²) in [6.45, 7) is 0.0299. The number of fused-ring (bicyclic) bond motifs is 1. The highest BCUT2D eigenvalue weighted by Crippen LogP contribution is 2.38. The summed E-state index contributed by atoms with van der Waals surface area (Å²) in [5.41, 5.74) is 0.387. The van der Waals surface area contributed by atoms with E-state index in [9.17, 15) is 14.4 Å². The number of nitrogens with zero attached hydrogens (tertiary/aromatic N) is 2. The van der Waals surface area contributed by atoms with E-state index in [-0.39, 0.29) is 48.1 Å². The number of methoxy groups -OCH3 is 1. The molecule has 1 aliphatic carbocycles. The van der Waals surface area contributed by atoms with Crippen LogP contribution < -0.4 is 9.47 Å². The number of hydrogen-bond acceptors (Lipinski definition) is 6. The molecule has 0 bridgehead atoms. The van der Waals surface area contributed by atoms with E-state index in [0.717, 1.165) is 25.7 Å². The van der Waals surface area contributed by atoms with E-state index in [1.807, 2.05) is 6.07 Å².